The normalized spacial score (nSPS) is 25.9. The summed E-state index contributed by atoms with van der Waals surface area (Å²) in [7, 11) is 0. The highest BCUT2D eigenvalue weighted by molar-refractivity contribution is 5.88. The third-order valence-electron chi connectivity index (χ3n) is 6.24. The Morgan fingerprint density at radius 3 is 2.52 bits per heavy atom. The van der Waals surface area contributed by atoms with Crippen molar-refractivity contribution in [3.05, 3.63) is 41.7 Å². The van der Waals surface area contributed by atoms with Gasteiger partial charge in [0.15, 0.2) is 5.82 Å². The smallest absolute Gasteiger partial charge is 0.236 e. The van der Waals surface area contributed by atoms with Gasteiger partial charge in [-0.2, -0.15) is 5.21 Å². The number of H-pyrrole nitrogens is 1. The van der Waals surface area contributed by atoms with Crippen molar-refractivity contribution in [3.8, 4) is 0 Å². The zero-order valence-corrected chi connectivity index (χ0v) is 14.7. The molecule has 1 aromatic heterocycles. The van der Waals surface area contributed by atoms with Gasteiger partial charge in [0.05, 0.1) is 0 Å². The van der Waals surface area contributed by atoms with E-state index >= 15 is 0 Å². The molecule has 1 aliphatic carbocycles. The molecule has 1 saturated heterocycles. The maximum absolute atomic E-state index is 13.3. The molecule has 6 heteroatoms. The van der Waals surface area contributed by atoms with E-state index in [0.29, 0.717) is 5.82 Å². The average Bonchev–Trinajstić information content (AvgIpc) is 3.04. The summed E-state index contributed by atoms with van der Waals surface area (Å²) in [6, 6.07) is 10.7. The highest BCUT2D eigenvalue weighted by Gasteiger charge is 2.51. The van der Waals surface area contributed by atoms with E-state index in [1.165, 1.54) is 5.56 Å². The summed E-state index contributed by atoms with van der Waals surface area (Å²) in [5.41, 5.74) is 0.969. The summed E-state index contributed by atoms with van der Waals surface area (Å²) in [5.74, 6) is 0.760. The van der Waals surface area contributed by atoms with Crippen LogP contribution >= 0.6 is 0 Å². The summed E-state index contributed by atoms with van der Waals surface area (Å²) >= 11 is 0. The van der Waals surface area contributed by atoms with Gasteiger partial charge in [0.2, 0.25) is 5.91 Å². The van der Waals surface area contributed by atoms with Crippen LogP contribution in [0.2, 0.25) is 0 Å². The minimum Gasteiger partial charge on any atom is -0.342 e. The predicted molar refractivity (Wildman–Crippen MR) is 93.9 cm³/mol. The standard InChI is InChI=1S/C19H25N5O/c1-18(15-7-3-2-4-8-15)9-6-13-24(14-12-18)17(25)19(10-5-11-19)16-20-22-23-21-16/h2-4,7-8H,5-6,9-14H2,1H3,(H,20,21,22,23). The lowest BCUT2D eigenvalue weighted by Gasteiger charge is -2.41. The molecule has 6 nitrogen and oxygen atoms in total. The second kappa shape index (κ2) is 6.24. The molecule has 0 bridgehead atoms. The maximum Gasteiger partial charge on any atom is 0.236 e. The summed E-state index contributed by atoms with van der Waals surface area (Å²) in [5, 5.41) is 14.4. The number of amides is 1. The molecule has 2 heterocycles. The topological polar surface area (TPSA) is 74.8 Å². The molecule has 1 atom stereocenters. The molecule has 2 fully saturated rings. The molecule has 1 unspecified atom stereocenters. The summed E-state index contributed by atoms with van der Waals surface area (Å²) in [6.45, 7) is 3.94. The lowest BCUT2D eigenvalue weighted by atomic mass is 9.67. The van der Waals surface area contributed by atoms with Crippen molar-refractivity contribution in [2.24, 2.45) is 0 Å². The molecule has 1 aromatic carbocycles. The second-order valence-corrected chi connectivity index (χ2v) is 7.74. The molecule has 4 rings (SSSR count). The van der Waals surface area contributed by atoms with E-state index in [9.17, 15) is 4.79 Å². The van der Waals surface area contributed by atoms with Crippen molar-refractivity contribution in [3.63, 3.8) is 0 Å². The molecular weight excluding hydrogens is 314 g/mol. The average molecular weight is 339 g/mol. The van der Waals surface area contributed by atoms with Gasteiger partial charge in [-0.1, -0.05) is 48.9 Å². The molecule has 25 heavy (non-hydrogen) atoms. The zero-order chi connectivity index (χ0) is 17.3. The van der Waals surface area contributed by atoms with Crippen LogP contribution in [0.4, 0.5) is 0 Å². The Balaban J connectivity index is 1.52. The number of hydrogen-bond donors (Lipinski definition) is 1. The summed E-state index contributed by atoms with van der Waals surface area (Å²) in [4.78, 5) is 15.4. The van der Waals surface area contributed by atoms with Gasteiger partial charge in [-0.3, -0.25) is 4.79 Å². The van der Waals surface area contributed by atoms with Crippen molar-refractivity contribution in [1.29, 1.82) is 0 Å². The fourth-order valence-corrected chi connectivity index (χ4v) is 4.34. The fourth-order valence-electron chi connectivity index (χ4n) is 4.34. The number of likely N-dealkylation sites (tertiary alicyclic amines) is 1. The van der Waals surface area contributed by atoms with Gasteiger partial charge in [0, 0.05) is 13.1 Å². The SMILES string of the molecule is CC1(c2ccccc2)CCCN(C(=O)C2(c3nn[nH]n3)CCC2)CC1. The summed E-state index contributed by atoms with van der Waals surface area (Å²) in [6.07, 6.45) is 5.84. The highest BCUT2D eigenvalue weighted by atomic mass is 16.2. The first-order valence-electron chi connectivity index (χ1n) is 9.23. The molecule has 1 aliphatic heterocycles. The third kappa shape index (κ3) is 2.73. The number of carbonyl (C=O) groups excluding carboxylic acids is 1. The quantitative estimate of drug-likeness (QED) is 0.933. The lowest BCUT2D eigenvalue weighted by Crippen LogP contribution is -2.52. The number of aromatic amines is 1. The number of nitrogens with one attached hydrogen (secondary N) is 1. The second-order valence-electron chi connectivity index (χ2n) is 7.74. The lowest BCUT2D eigenvalue weighted by molar-refractivity contribution is -0.141. The van der Waals surface area contributed by atoms with Gasteiger partial charge in [-0.15, -0.1) is 10.2 Å². The van der Waals surface area contributed by atoms with Crippen LogP contribution in [0.15, 0.2) is 30.3 Å². The van der Waals surface area contributed by atoms with E-state index in [0.717, 1.165) is 51.6 Å². The zero-order valence-electron chi connectivity index (χ0n) is 14.7. The Labute approximate surface area is 148 Å². The van der Waals surface area contributed by atoms with E-state index in [-0.39, 0.29) is 11.3 Å². The van der Waals surface area contributed by atoms with Gasteiger partial charge >= 0.3 is 0 Å². The molecule has 132 valence electrons. The molecule has 1 saturated carbocycles. The van der Waals surface area contributed by atoms with Crippen LogP contribution in [0.25, 0.3) is 0 Å². The van der Waals surface area contributed by atoms with Crippen molar-refractivity contribution < 1.29 is 4.79 Å². The first kappa shape index (κ1) is 16.2. The number of tetrazole rings is 1. The molecule has 2 aromatic rings. The summed E-state index contributed by atoms with van der Waals surface area (Å²) < 4.78 is 0. The number of carbonyl (C=O) groups is 1. The minimum atomic E-state index is -0.541. The molecular formula is C19H25N5O. The van der Waals surface area contributed by atoms with Crippen molar-refractivity contribution in [2.75, 3.05) is 13.1 Å². The Morgan fingerprint density at radius 1 is 1.08 bits per heavy atom. The molecule has 1 N–H and O–H groups in total. The number of hydrogen-bond acceptors (Lipinski definition) is 4. The van der Waals surface area contributed by atoms with Crippen LogP contribution in [0, 0.1) is 0 Å². The van der Waals surface area contributed by atoms with Gasteiger partial charge in [-0.05, 0) is 43.1 Å². The van der Waals surface area contributed by atoms with E-state index in [1.54, 1.807) is 0 Å². The number of rotatable bonds is 3. The van der Waals surface area contributed by atoms with E-state index in [4.69, 9.17) is 0 Å². The Hall–Kier alpha value is -2.24. The van der Waals surface area contributed by atoms with Crippen molar-refractivity contribution in [1.82, 2.24) is 25.5 Å². The number of aromatic nitrogens is 4. The van der Waals surface area contributed by atoms with E-state index in [1.807, 2.05) is 4.90 Å². The van der Waals surface area contributed by atoms with Crippen molar-refractivity contribution in [2.45, 2.75) is 56.3 Å². The Kier molecular flexibility index (Phi) is 4.06. The largest absolute Gasteiger partial charge is 0.342 e. The first-order valence-corrected chi connectivity index (χ1v) is 9.23. The third-order valence-corrected chi connectivity index (χ3v) is 6.24. The number of benzene rings is 1. The van der Waals surface area contributed by atoms with E-state index in [2.05, 4.69) is 57.9 Å². The molecule has 0 radical (unpaired) electrons. The van der Waals surface area contributed by atoms with Gasteiger partial charge in [-0.25, -0.2) is 0 Å². The minimum absolute atomic E-state index is 0.134. The number of nitrogens with zero attached hydrogens (tertiary/aromatic N) is 4. The fraction of sp³-hybridized carbons (Fsp3) is 0.579. The van der Waals surface area contributed by atoms with Gasteiger partial charge in [0.1, 0.15) is 5.41 Å². The van der Waals surface area contributed by atoms with Crippen LogP contribution in [-0.4, -0.2) is 44.5 Å². The highest BCUT2D eigenvalue weighted by Crippen LogP contribution is 2.44. The molecule has 1 amide bonds. The van der Waals surface area contributed by atoms with Gasteiger partial charge in [0.25, 0.3) is 0 Å². The van der Waals surface area contributed by atoms with Crippen molar-refractivity contribution >= 4 is 5.91 Å². The van der Waals surface area contributed by atoms with E-state index < -0.39 is 5.41 Å². The monoisotopic (exact) mass is 339 g/mol. The van der Waals surface area contributed by atoms with Crippen LogP contribution in [0.3, 0.4) is 0 Å². The van der Waals surface area contributed by atoms with Crippen LogP contribution in [0.1, 0.15) is 56.8 Å². The molecule has 2 aliphatic rings. The van der Waals surface area contributed by atoms with Crippen LogP contribution < -0.4 is 0 Å². The first-order chi connectivity index (χ1) is 12.1. The Bertz CT molecular complexity index is 726. The van der Waals surface area contributed by atoms with Crippen LogP contribution in [0.5, 0.6) is 0 Å². The molecule has 0 spiro atoms. The Morgan fingerprint density at radius 2 is 1.88 bits per heavy atom. The van der Waals surface area contributed by atoms with Crippen LogP contribution in [-0.2, 0) is 15.6 Å². The maximum atomic E-state index is 13.3. The van der Waals surface area contributed by atoms with Gasteiger partial charge < -0.3 is 4.90 Å². The predicted octanol–water partition coefficient (Wildman–Crippen LogP) is 2.59.